The lowest BCUT2D eigenvalue weighted by atomic mass is 10.5. The summed E-state index contributed by atoms with van der Waals surface area (Å²) in [5, 5.41) is 8.02. The number of carbonyl (C=O) groups excluding carboxylic acids is 2. The molecule has 0 atom stereocenters. The lowest BCUT2D eigenvalue weighted by Gasteiger charge is -2.02. The van der Waals surface area contributed by atoms with E-state index in [1.54, 1.807) is 0 Å². The molecule has 2 radical (unpaired) electrons. The fraction of sp³-hybridized carbons (Fsp3) is 0.400. The Morgan fingerprint density at radius 3 is 1.35 bits per heavy atom. The molecule has 0 bridgehead atoms. The highest BCUT2D eigenvalue weighted by Crippen LogP contribution is 1.91. The molecule has 0 aliphatic carbocycles. The second-order valence-electron chi connectivity index (χ2n) is 3.50. The van der Waals surface area contributed by atoms with Crippen LogP contribution in [0.5, 0.6) is 0 Å². The fourth-order valence-electron chi connectivity index (χ4n) is 0.903. The molecule has 0 saturated carbocycles. The highest BCUT2D eigenvalue weighted by molar-refractivity contribution is 7.95. The minimum Gasteiger partial charge on any atom is -0.272 e. The van der Waals surface area contributed by atoms with Crippen molar-refractivity contribution < 1.29 is 26.4 Å². The van der Waals surface area contributed by atoms with Crippen LogP contribution in [-0.2, 0) is 29.3 Å². The van der Waals surface area contributed by atoms with Gasteiger partial charge in [0.15, 0.2) is 19.7 Å². The summed E-state index contributed by atoms with van der Waals surface area (Å²) in [4.78, 5) is 22.2. The van der Waals surface area contributed by atoms with E-state index >= 15 is 0 Å². The van der Waals surface area contributed by atoms with Gasteiger partial charge in [0.05, 0.1) is 13.1 Å². The standard InChI is InChI=1S/C10H14N2O6S2/c1-3-19(15,16)7-9(13)11-5-6-12-10(14)8-20(17,18)4-2/h3-4H,1-2,5-8H2. The molecule has 0 spiro atoms. The van der Waals surface area contributed by atoms with Crippen molar-refractivity contribution in [2.24, 2.45) is 0 Å². The van der Waals surface area contributed by atoms with Gasteiger partial charge >= 0.3 is 0 Å². The summed E-state index contributed by atoms with van der Waals surface area (Å²) in [6, 6.07) is 0. The van der Waals surface area contributed by atoms with E-state index in [4.69, 9.17) is 0 Å². The zero-order valence-electron chi connectivity index (χ0n) is 10.6. The molecule has 0 fully saturated rings. The first kappa shape index (κ1) is 18.3. The van der Waals surface area contributed by atoms with Crippen LogP contribution in [0.3, 0.4) is 0 Å². The zero-order valence-corrected chi connectivity index (χ0v) is 12.2. The van der Waals surface area contributed by atoms with Gasteiger partial charge < -0.3 is 0 Å². The van der Waals surface area contributed by atoms with Crippen molar-refractivity contribution >= 4 is 31.5 Å². The van der Waals surface area contributed by atoms with Crippen molar-refractivity contribution in [1.29, 1.82) is 0 Å². The first-order valence-electron chi connectivity index (χ1n) is 5.23. The normalized spacial score (nSPS) is 11.4. The van der Waals surface area contributed by atoms with E-state index in [1.807, 2.05) is 0 Å². The van der Waals surface area contributed by atoms with Gasteiger partial charge in [-0.1, -0.05) is 13.2 Å². The Bertz CT molecular complexity index is 537. The molecule has 2 amide bonds. The molecular weight excluding hydrogens is 308 g/mol. The van der Waals surface area contributed by atoms with Crippen molar-refractivity contribution in [3.05, 3.63) is 24.0 Å². The van der Waals surface area contributed by atoms with Crippen LogP contribution < -0.4 is 10.6 Å². The van der Waals surface area contributed by atoms with Crippen LogP contribution in [0, 0.1) is 0 Å². The van der Waals surface area contributed by atoms with E-state index in [0.29, 0.717) is 10.8 Å². The monoisotopic (exact) mass is 322 g/mol. The van der Waals surface area contributed by atoms with Gasteiger partial charge in [0, 0.05) is 10.8 Å². The molecule has 112 valence electrons. The Morgan fingerprint density at radius 1 is 0.800 bits per heavy atom. The zero-order chi connectivity index (χ0) is 15.8. The molecule has 0 aromatic rings. The van der Waals surface area contributed by atoms with Crippen LogP contribution in [0.15, 0.2) is 24.0 Å². The van der Waals surface area contributed by atoms with E-state index in [9.17, 15) is 26.4 Å². The first-order chi connectivity index (χ1) is 9.12. The molecule has 0 N–H and O–H groups in total. The van der Waals surface area contributed by atoms with Gasteiger partial charge in [0.25, 0.3) is 11.8 Å². The van der Waals surface area contributed by atoms with E-state index in [-0.39, 0.29) is 13.1 Å². The number of hydrogen-bond acceptors (Lipinski definition) is 6. The summed E-state index contributed by atoms with van der Waals surface area (Å²) in [6.45, 7) is 5.67. The second kappa shape index (κ2) is 7.80. The number of sulfone groups is 2. The molecule has 0 heterocycles. The lowest BCUT2D eigenvalue weighted by molar-refractivity contribution is -0.120. The maximum absolute atomic E-state index is 11.1. The number of nitrogens with zero attached hydrogens (tertiary/aromatic N) is 2. The molecule has 0 saturated heterocycles. The minimum absolute atomic E-state index is 0.203. The number of amides is 2. The predicted molar refractivity (Wildman–Crippen MR) is 72.0 cm³/mol. The average molecular weight is 322 g/mol. The maximum atomic E-state index is 11.1. The summed E-state index contributed by atoms with van der Waals surface area (Å²) in [7, 11) is -7.33. The van der Waals surface area contributed by atoms with Crippen LogP contribution in [0.25, 0.3) is 0 Å². The van der Waals surface area contributed by atoms with Crippen LogP contribution in [0.4, 0.5) is 0 Å². The quantitative estimate of drug-likeness (QED) is 0.468. The van der Waals surface area contributed by atoms with Gasteiger partial charge in [0.1, 0.15) is 11.5 Å². The Hall–Kier alpha value is -1.68. The molecule has 20 heavy (non-hydrogen) atoms. The molecular formula is C10H14N2O6S2. The Morgan fingerprint density at radius 2 is 1.10 bits per heavy atom. The van der Waals surface area contributed by atoms with Gasteiger partial charge in [-0.15, -0.1) is 0 Å². The smallest absolute Gasteiger partial charge is 0.256 e. The Kier molecular flexibility index (Phi) is 7.14. The largest absolute Gasteiger partial charge is 0.272 e. The molecule has 10 heteroatoms. The number of carbonyl (C=O) groups is 2. The highest BCUT2D eigenvalue weighted by atomic mass is 32.2. The summed E-state index contributed by atoms with van der Waals surface area (Å²) < 4.78 is 44.0. The van der Waals surface area contributed by atoms with Gasteiger partial charge in [-0.3, -0.25) is 9.59 Å². The fourth-order valence-corrected chi connectivity index (χ4v) is 2.01. The molecule has 0 aliphatic heterocycles. The molecule has 0 aromatic carbocycles. The summed E-state index contributed by atoms with van der Waals surface area (Å²) in [5.41, 5.74) is 0. The minimum atomic E-state index is -3.67. The predicted octanol–water partition coefficient (Wildman–Crippen LogP) is -1.63. The number of rotatable bonds is 9. The van der Waals surface area contributed by atoms with Gasteiger partial charge in [-0.05, 0) is 0 Å². The van der Waals surface area contributed by atoms with Crippen LogP contribution in [0.1, 0.15) is 0 Å². The van der Waals surface area contributed by atoms with Crippen molar-refractivity contribution in [3.63, 3.8) is 0 Å². The molecule has 8 nitrogen and oxygen atoms in total. The van der Waals surface area contributed by atoms with Gasteiger partial charge in [-0.25, -0.2) is 27.5 Å². The van der Waals surface area contributed by atoms with Crippen molar-refractivity contribution in [1.82, 2.24) is 10.6 Å². The van der Waals surface area contributed by atoms with E-state index in [2.05, 4.69) is 23.8 Å². The maximum Gasteiger partial charge on any atom is 0.256 e. The van der Waals surface area contributed by atoms with Gasteiger partial charge in [0.2, 0.25) is 0 Å². The van der Waals surface area contributed by atoms with E-state index in [1.165, 1.54) is 0 Å². The van der Waals surface area contributed by atoms with E-state index < -0.39 is 43.0 Å². The van der Waals surface area contributed by atoms with Crippen molar-refractivity contribution in [3.8, 4) is 0 Å². The summed E-state index contributed by atoms with van der Waals surface area (Å²) in [5.74, 6) is -3.36. The third-order valence-electron chi connectivity index (χ3n) is 1.83. The Balaban J connectivity index is 3.99. The summed E-state index contributed by atoms with van der Waals surface area (Å²) in [6.07, 6.45) is 0. The molecule has 0 aromatic heterocycles. The SMILES string of the molecule is C=CS(=O)(=O)CC(=O)[N]CC[N]C(=O)CS(=O)(=O)C=C. The average Bonchev–Trinajstić information content (AvgIpc) is 2.33. The first-order valence-corrected chi connectivity index (χ1v) is 8.66. The summed E-state index contributed by atoms with van der Waals surface area (Å²) >= 11 is 0. The topological polar surface area (TPSA) is 131 Å². The van der Waals surface area contributed by atoms with Crippen molar-refractivity contribution in [2.45, 2.75) is 0 Å². The second-order valence-corrected chi connectivity index (χ2v) is 7.39. The lowest BCUT2D eigenvalue weighted by Crippen LogP contribution is -2.31. The van der Waals surface area contributed by atoms with Crippen molar-refractivity contribution in [2.75, 3.05) is 24.6 Å². The highest BCUT2D eigenvalue weighted by Gasteiger charge is 2.15. The molecule has 0 rings (SSSR count). The van der Waals surface area contributed by atoms with Crippen LogP contribution in [-0.4, -0.2) is 53.2 Å². The number of hydrogen-bond donors (Lipinski definition) is 0. The van der Waals surface area contributed by atoms with Gasteiger partial charge in [-0.2, -0.15) is 0 Å². The molecule has 0 aliphatic rings. The Labute approximate surface area is 117 Å². The third-order valence-corrected chi connectivity index (χ3v) is 4.15. The van der Waals surface area contributed by atoms with E-state index in [0.717, 1.165) is 0 Å². The third kappa shape index (κ3) is 8.43. The van der Waals surface area contributed by atoms with Crippen LogP contribution >= 0.6 is 0 Å². The molecule has 0 unspecified atom stereocenters. The van der Waals surface area contributed by atoms with Crippen LogP contribution in [0.2, 0.25) is 0 Å².